The van der Waals surface area contributed by atoms with E-state index in [4.69, 9.17) is 11.6 Å². The van der Waals surface area contributed by atoms with Gasteiger partial charge in [-0.3, -0.25) is 0 Å². The number of hydrogen-bond donors (Lipinski definition) is 1. The second-order valence-electron chi connectivity index (χ2n) is 3.80. The minimum Gasteiger partial charge on any atom is -0.316 e. The van der Waals surface area contributed by atoms with Crippen molar-refractivity contribution in [3.05, 3.63) is 29.5 Å². The number of aromatic nitrogens is 1. The molecule has 3 heteroatoms. The van der Waals surface area contributed by atoms with Crippen LogP contribution in [0.3, 0.4) is 0 Å². The van der Waals surface area contributed by atoms with Crippen LogP contribution < -0.4 is 9.88 Å². The molecule has 0 amide bonds. The highest BCUT2D eigenvalue weighted by Gasteiger charge is 2.19. The van der Waals surface area contributed by atoms with E-state index in [-0.39, 0.29) is 0 Å². The van der Waals surface area contributed by atoms with Crippen molar-refractivity contribution in [1.29, 1.82) is 0 Å². The van der Waals surface area contributed by atoms with Gasteiger partial charge in [0, 0.05) is 31.5 Å². The fourth-order valence-electron chi connectivity index (χ4n) is 1.96. The Hall–Kier alpha value is -0.600. The number of halogens is 1. The molecule has 2 heterocycles. The van der Waals surface area contributed by atoms with Gasteiger partial charge in [0.15, 0.2) is 18.4 Å². The van der Waals surface area contributed by atoms with Crippen LogP contribution in [-0.4, -0.2) is 13.1 Å². The van der Waals surface area contributed by atoms with E-state index in [1.54, 1.807) is 0 Å². The van der Waals surface area contributed by atoms with E-state index in [2.05, 4.69) is 22.3 Å². The Balaban J connectivity index is 2.08. The normalized spacial score (nSPS) is 23.1. The topological polar surface area (TPSA) is 15.9 Å². The molecule has 0 aliphatic carbocycles. The molecular weight excluding hydrogens is 196 g/mol. The van der Waals surface area contributed by atoms with Gasteiger partial charge in [-0.1, -0.05) is 11.6 Å². The fourth-order valence-corrected chi connectivity index (χ4v) is 2.07. The Labute approximate surface area is 89.9 Å². The molecule has 1 unspecified atom stereocenters. The molecule has 1 fully saturated rings. The van der Waals surface area contributed by atoms with E-state index >= 15 is 0 Å². The average molecular weight is 212 g/mol. The Morgan fingerprint density at radius 1 is 1.21 bits per heavy atom. The van der Waals surface area contributed by atoms with Gasteiger partial charge in [0.2, 0.25) is 0 Å². The van der Waals surface area contributed by atoms with E-state index < -0.39 is 0 Å². The molecule has 76 valence electrons. The second kappa shape index (κ2) is 4.76. The SMILES string of the molecule is Clc1cc[n+](C2CCCNCC2)cc1. The Morgan fingerprint density at radius 3 is 2.79 bits per heavy atom. The maximum absolute atomic E-state index is 5.86. The molecule has 0 radical (unpaired) electrons. The number of pyridine rings is 1. The summed E-state index contributed by atoms with van der Waals surface area (Å²) in [5.41, 5.74) is 0. The van der Waals surface area contributed by atoms with Gasteiger partial charge >= 0.3 is 0 Å². The predicted molar refractivity (Wildman–Crippen MR) is 57.4 cm³/mol. The van der Waals surface area contributed by atoms with Crippen LogP contribution in [-0.2, 0) is 0 Å². The molecule has 1 aliphatic heterocycles. The highest BCUT2D eigenvalue weighted by molar-refractivity contribution is 6.30. The first-order valence-corrected chi connectivity index (χ1v) is 5.61. The van der Waals surface area contributed by atoms with Crippen LogP contribution >= 0.6 is 11.6 Å². The van der Waals surface area contributed by atoms with Gasteiger partial charge in [-0.15, -0.1) is 0 Å². The van der Waals surface area contributed by atoms with Crippen LogP contribution in [0.4, 0.5) is 0 Å². The molecule has 1 N–H and O–H groups in total. The van der Waals surface area contributed by atoms with Crippen molar-refractivity contribution in [2.24, 2.45) is 0 Å². The third kappa shape index (κ3) is 2.46. The lowest BCUT2D eigenvalue weighted by molar-refractivity contribution is -0.724. The fraction of sp³-hybridized carbons (Fsp3) is 0.545. The molecule has 1 aromatic rings. The van der Waals surface area contributed by atoms with E-state index in [1.807, 2.05) is 12.1 Å². The van der Waals surface area contributed by atoms with E-state index in [1.165, 1.54) is 19.3 Å². The third-order valence-electron chi connectivity index (χ3n) is 2.78. The Morgan fingerprint density at radius 2 is 2.00 bits per heavy atom. The zero-order valence-corrected chi connectivity index (χ0v) is 9.00. The minimum atomic E-state index is 0.641. The van der Waals surface area contributed by atoms with Crippen molar-refractivity contribution in [2.45, 2.75) is 25.3 Å². The van der Waals surface area contributed by atoms with Crippen LogP contribution in [0.1, 0.15) is 25.3 Å². The quantitative estimate of drug-likeness (QED) is 0.703. The van der Waals surface area contributed by atoms with Gasteiger partial charge < -0.3 is 5.32 Å². The summed E-state index contributed by atoms with van der Waals surface area (Å²) < 4.78 is 2.28. The molecule has 1 aliphatic rings. The molecule has 0 saturated carbocycles. The first-order chi connectivity index (χ1) is 6.86. The maximum atomic E-state index is 5.86. The van der Waals surface area contributed by atoms with Gasteiger partial charge in [-0.05, 0) is 13.0 Å². The maximum Gasteiger partial charge on any atom is 0.170 e. The summed E-state index contributed by atoms with van der Waals surface area (Å²) in [5.74, 6) is 0. The van der Waals surface area contributed by atoms with Crippen LogP contribution in [0.15, 0.2) is 24.5 Å². The highest BCUT2D eigenvalue weighted by atomic mass is 35.5. The summed E-state index contributed by atoms with van der Waals surface area (Å²) in [6, 6.07) is 4.56. The minimum absolute atomic E-state index is 0.641. The lowest BCUT2D eigenvalue weighted by atomic mass is 10.1. The molecule has 1 aromatic heterocycles. The van der Waals surface area contributed by atoms with Crippen molar-refractivity contribution in [3.8, 4) is 0 Å². The molecule has 2 rings (SSSR count). The predicted octanol–water partition coefficient (Wildman–Crippen LogP) is 1.94. The van der Waals surface area contributed by atoms with Gasteiger partial charge in [0.25, 0.3) is 0 Å². The summed E-state index contributed by atoms with van der Waals surface area (Å²) in [5, 5.41) is 4.23. The second-order valence-corrected chi connectivity index (χ2v) is 4.23. The molecule has 0 aromatic carbocycles. The average Bonchev–Trinajstić information content (AvgIpc) is 2.47. The number of hydrogen-bond acceptors (Lipinski definition) is 1. The highest BCUT2D eigenvalue weighted by Crippen LogP contribution is 2.13. The van der Waals surface area contributed by atoms with E-state index in [0.29, 0.717) is 6.04 Å². The molecule has 2 nitrogen and oxygen atoms in total. The van der Waals surface area contributed by atoms with Gasteiger partial charge in [0.1, 0.15) is 0 Å². The van der Waals surface area contributed by atoms with E-state index in [9.17, 15) is 0 Å². The Bertz CT molecular complexity index is 276. The van der Waals surface area contributed by atoms with E-state index in [0.717, 1.165) is 18.1 Å². The molecule has 0 spiro atoms. The lowest BCUT2D eigenvalue weighted by Crippen LogP contribution is -2.38. The Kier molecular flexibility index (Phi) is 3.38. The van der Waals surface area contributed by atoms with Crippen molar-refractivity contribution in [1.82, 2.24) is 5.32 Å². The van der Waals surface area contributed by atoms with Crippen molar-refractivity contribution < 1.29 is 4.57 Å². The lowest BCUT2D eigenvalue weighted by Gasteiger charge is -2.07. The smallest absolute Gasteiger partial charge is 0.170 e. The molecule has 1 atom stereocenters. The summed E-state index contributed by atoms with van der Waals surface area (Å²) in [6.45, 7) is 2.28. The van der Waals surface area contributed by atoms with Crippen LogP contribution in [0.25, 0.3) is 0 Å². The summed E-state index contributed by atoms with van der Waals surface area (Å²) in [7, 11) is 0. The summed E-state index contributed by atoms with van der Waals surface area (Å²) in [4.78, 5) is 0. The van der Waals surface area contributed by atoms with Crippen LogP contribution in [0, 0.1) is 0 Å². The standard InChI is InChI=1S/C11H16ClN2/c12-10-4-8-14(9-5-10)11-2-1-6-13-7-3-11/h4-5,8-9,11,13H,1-3,6-7H2/q+1. The van der Waals surface area contributed by atoms with Crippen LogP contribution in [0.5, 0.6) is 0 Å². The van der Waals surface area contributed by atoms with Crippen molar-refractivity contribution >= 4 is 11.6 Å². The molecule has 1 saturated heterocycles. The summed E-state index contributed by atoms with van der Waals surface area (Å²) >= 11 is 5.86. The van der Waals surface area contributed by atoms with Crippen LogP contribution in [0.2, 0.25) is 5.02 Å². The first-order valence-electron chi connectivity index (χ1n) is 5.23. The first kappa shape index (κ1) is 9.94. The zero-order valence-electron chi connectivity index (χ0n) is 8.25. The third-order valence-corrected chi connectivity index (χ3v) is 3.03. The molecule has 14 heavy (non-hydrogen) atoms. The summed E-state index contributed by atoms with van der Waals surface area (Å²) in [6.07, 6.45) is 7.91. The molecule has 0 bridgehead atoms. The largest absolute Gasteiger partial charge is 0.316 e. The van der Waals surface area contributed by atoms with Crippen molar-refractivity contribution in [2.75, 3.05) is 13.1 Å². The number of nitrogens with one attached hydrogen (secondary N) is 1. The van der Waals surface area contributed by atoms with Gasteiger partial charge in [-0.2, -0.15) is 0 Å². The molecular formula is C11H16ClN2+. The van der Waals surface area contributed by atoms with Gasteiger partial charge in [0.05, 0.1) is 5.02 Å². The van der Waals surface area contributed by atoms with Gasteiger partial charge in [-0.25, -0.2) is 4.57 Å². The zero-order chi connectivity index (χ0) is 9.80. The number of nitrogens with zero attached hydrogens (tertiary/aromatic N) is 1. The monoisotopic (exact) mass is 211 g/mol. The van der Waals surface area contributed by atoms with Crippen molar-refractivity contribution in [3.63, 3.8) is 0 Å². The number of rotatable bonds is 1.